The molecule has 2 aromatic carbocycles. The van der Waals surface area contributed by atoms with Crippen LogP contribution in [0.25, 0.3) is 21.8 Å². The molecule has 0 N–H and O–H groups in total. The number of fused-ring (bicyclic) bond motifs is 3. The van der Waals surface area contributed by atoms with Crippen LogP contribution in [0.2, 0.25) is 0 Å². The Bertz CT molecular complexity index is 1800. The highest BCUT2D eigenvalue weighted by molar-refractivity contribution is 6.47. The third kappa shape index (κ3) is 6.35. The van der Waals surface area contributed by atoms with Gasteiger partial charge in [-0.1, -0.05) is 36.0 Å². The van der Waals surface area contributed by atoms with Crippen molar-refractivity contribution >= 4 is 68.1 Å². The first-order valence-corrected chi connectivity index (χ1v) is 13.8. The minimum atomic E-state index is -0.789. The van der Waals surface area contributed by atoms with Gasteiger partial charge in [-0.3, -0.25) is 29.8 Å². The maximum atomic E-state index is 13.8. The molecule has 0 atom stereocenters. The molecule has 0 aliphatic heterocycles. The van der Waals surface area contributed by atoms with Crippen molar-refractivity contribution in [1.82, 2.24) is 4.57 Å². The molecule has 44 heavy (non-hydrogen) atoms. The number of Topliss-reactive ketones (excluding diaryl/α,β-unsaturated/α-hetero) is 2. The molecule has 1 saturated carbocycles. The summed E-state index contributed by atoms with van der Waals surface area (Å²) in [6, 6.07) is 4.76. The second-order valence-corrected chi connectivity index (χ2v) is 10.4. The van der Waals surface area contributed by atoms with Crippen LogP contribution in [0.5, 0.6) is 0 Å². The second-order valence-electron chi connectivity index (χ2n) is 10.4. The first-order valence-electron chi connectivity index (χ1n) is 13.8. The molecule has 4 rings (SSSR count). The molecule has 0 bridgehead atoms. The summed E-state index contributed by atoms with van der Waals surface area (Å²) in [5.41, 5.74) is -1.67. The Balaban J connectivity index is 2.01. The Kier molecular flexibility index (Phi) is 9.26. The Morgan fingerprint density at radius 2 is 1.30 bits per heavy atom. The topological polar surface area (TPSA) is 203 Å². The molecule has 15 nitrogen and oxygen atoms in total. The molecule has 0 unspecified atom stereocenters. The summed E-state index contributed by atoms with van der Waals surface area (Å²) in [4.78, 5) is 82.0. The van der Waals surface area contributed by atoms with E-state index >= 15 is 0 Å². The number of hydrogen-bond donors (Lipinski definition) is 0. The zero-order valence-corrected chi connectivity index (χ0v) is 24.4. The number of carbonyl (C=O) groups excluding carboxylic acids is 4. The monoisotopic (exact) mass is 607 g/mol. The first kappa shape index (κ1) is 31.6. The van der Waals surface area contributed by atoms with Crippen LogP contribution in [-0.4, -0.2) is 49.3 Å². The molecule has 1 aliphatic rings. The number of aromatic nitrogens is 1. The fraction of sp³-hybridized carbons (Fsp3) is 0.379. The van der Waals surface area contributed by atoms with Crippen molar-refractivity contribution in [2.45, 2.75) is 66.3 Å². The van der Waals surface area contributed by atoms with Crippen molar-refractivity contribution < 1.29 is 38.7 Å². The van der Waals surface area contributed by atoms with Crippen LogP contribution >= 0.6 is 0 Å². The number of oxime groups is 2. The quantitative estimate of drug-likeness (QED) is 0.0888. The van der Waals surface area contributed by atoms with Crippen LogP contribution in [-0.2, 0) is 25.8 Å². The number of non-ortho nitro benzene ring substituents is 2. The predicted molar refractivity (Wildman–Crippen MR) is 158 cm³/mol. The number of nitrogens with zero attached hydrogens (tertiary/aromatic N) is 5. The van der Waals surface area contributed by atoms with Crippen LogP contribution in [0.3, 0.4) is 0 Å². The molecule has 0 saturated heterocycles. The van der Waals surface area contributed by atoms with E-state index in [9.17, 15) is 39.4 Å². The molecular formula is C29H29N5O10. The summed E-state index contributed by atoms with van der Waals surface area (Å²) in [5, 5.41) is 32.0. The lowest BCUT2D eigenvalue weighted by Crippen LogP contribution is -2.19. The molecule has 1 aliphatic carbocycles. The largest absolute Gasteiger partial charge is 0.331 e. The van der Waals surface area contributed by atoms with Crippen LogP contribution in [0.15, 0.2) is 34.6 Å². The van der Waals surface area contributed by atoms with E-state index in [4.69, 9.17) is 4.84 Å². The summed E-state index contributed by atoms with van der Waals surface area (Å²) >= 11 is 0. The van der Waals surface area contributed by atoms with E-state index in [0.29, 0.717) is 0 Å². The highest BCUT2D eigenvalue weighted by Crippen LogP contribution is 2.41. The lowest BCUT2D eigenvalue weighted by atomic mass is 9.94. The van der Waals surface area contributed by atoms with Gasteiger partial charge in [0.15, 0.2) is 0 Å². The minimum absolute atomic E-state index is 0.00564. The summed E-state index contributed by atoms with van der Waals surface area (Å²) < 4.78 is 1.38. The van der Waals surface area contributed by atoms with Gasteiger partial charge in [-0.05, 0) is 38.3 Å². The van der Waals surface area contributed by atoms with Crippen LogP contribution in [0.4, 0.5) is 11.4 Å². The SMILES string of the molecule is CCn1c2c([N+](=O)[O-])cc(C(=O)/C(C)=N/OC(C)=O)cc2c2cc(C(=O)/C(CC3CCCC3)=N/OC(C)=O)cc([N+](=O)[O-])c21. The second kappa shape index (κ2) is 12.9. The number of nitro benzene ring substituents is 2. The normalized spacial score (nSPS) is 14.2. The molecule has 230 valence electrons. The highest BCUT2D eigenvalue weighted by atomic mass is 16.7. The number of nitro groups is 2. The van der Waals surface area contributed by atoms with Gasteiger partial charge in [0.1, 0.15) is 22.5 Å². The number of hydrogen-bond acceptors (Lipinski definition) is 12. The molecule has 1 heterocycles. The van der Waals surface area contributed by atoms with Crippen molar-refractivity contribution in [1.29, 1.82) is 0 Å². The van der Waals surface area contributed by atoms with E-state index in [0.717, 1.165) is 51.7 Å². The number of aryl methyl sites for hydroxylation is 1. The van der Waals surface area contributed by atoms with E-state index < -0.39 is 44.7 Å². The van der Waals surface area contributed by atoms with Gasteiger partial charge >= 0.3 is 11.9 Å². The molecule has 0 radical (unpaired) electrons. The predicted octanol–water partition coefficient (Wildman–Crippen LogP) is 5.43. The van der Waals surface area contributed by atoms with Gasteiger partial charge in [-0.25, -0.2) is 9.59 Å². The van der Waals surface area contributed by atoms with Gasteiger partial charge < -0.3 is 14.2 Å². The van der Waals surface area contributed by atoms with Crippen molar-refractivity contribution in [2.24, 2.45) is 16.2 Å². The van der Waals surface area contributed by atoms with Crippen molar-refractivity contribution in [3.63, 3.8) is 0 Å². The molecule has 0 amide bonds. The third-order valence-electron chi connectivity index (χ3n) is 7.39. The maximum Gasteiger partial charge on any atom is 0.331 e. The van der Waals surface area contributed by atoms with E-state index in [1.165, 1.54) is 23.6 Å². The summed E-state index contributed by atoms with van der Waals surface area (Å²) in [6.45, 7) is 5.19. The molecule has 1 aromatic heterocycles. The van der Waals surface area contributed by atoms with Gasteiger partial charge in [0, 0.05) is 54.4 Å². The van der Waals surface area contributed by atoms with Gasteiger partial charge in [0.25, 0.3) is 11.4 Å². The number of benzene rings is 2. The zero-order valence-electron chi connectivity index (χ0n) is 24.4. The van der Waals surface area contributed by atoms with Crippen molar-refractivity contribution in [3.05, 3.63) is 55.6 Å². The average molecular weight is 608 g/mol. The van der Waals surface area contributed by atoms with Crippen molar-refractivity contribution in [3.8, 4) is 0 Å². The molecular weight excluding hydrogens is 578 g/mol. The molecule has 15 heteroatoms. The summed E-state index contributed by atoms with van der Waals surface area (Å²) in [5.74, 6) is -2.90. The number of carbonyl (C=O) groups is 4. The fourth-order valence-corrected chi connectivity index (χ4v) is 5.51. The standard InChI is InChI=1S/C29H29N5O10/c1-5-32-26-21(11-19(13-24(26)33(39)40)28(37)15(2)30-43-16(3)35)22-12-20(14-25(27(22)32)34(41)42)29(38)23(31-44-17(4)36)10-18-8-6-7-9-18/h11-14,18H,5-10H2,1-4H3/b30-15+,31-23+. The van der Waals surface area contributed by atoms with Crippen LogP contribution in [0.1, 0.15) is 80.5 Å². The summed E-state index contributed by atoms with van der Waals surface area (Å²) in [7, 11) is 0. The Labute approximate surface area is 249 Å². The Hall–Kier alpha value is -5.34. The highest BCUT2D eigenvalue weighted by Gasteiger charge is 2.31. The Morgan fingerprint density at radius 1 is 0.818 bits per heavy atom. The number of rotatable bonds is 11. The van der Waals surface area contributed by atoms with Gasteiger partial charge in [0.2, 0.25) is 11.6 Å². The van der Waals surface area contributed by atoms with E-state index in [-0.39, 0.29) is 63.2 Å². The van der Waals surface area contributed by atoms with E-state index in [1.807, 2.05) is 0 Å². The molecule has 3 aromatic rings. The molecule has 1 fully saturated rings. The fourth-order valence-electron chi connectivity index (χ4n) is 5.51. The Morgan fingerprint density at radius 3 is 1.75 bits per heavy atom. The third-order valence-corrected chi connectivity index (χ3v) is 7.39. The smallest absolute Gasteiger partial charge is 0.330 e. The van der Waals surface area contributed by atoms with Gasteiger partial charge in [-0.2, -0.15) is 0 Å². The lowest BCUT2D eigenvalue weighted by Gasteiger charge is -2.11. The zero-order chi connectivity index (χ0) is 32.3. The minimum Gasteiger partial charge on any atom is -0.330 e. The lowest BCUT2D eigenvalue weighted by molar-refractivity contribution is -0.383. The first-order chi connectivity index (χ1) is 20.8. The summed E-state index contributed by atoms with van der Waals surface area (Å²) in [6.07, 6.45) is 3.82. The van der Waals surface area contributed by atoms with Crippen LogP contribution in [0, 0.1) is 26.1 Å². The van der Waals surface area contributed by atoms with Crippen molar-refractivity contribution in [2.75, 3.05) is 0 Å². The van der Waals surface area contributed by atoms with E-state index in [2.05, 4.69) is 15.1 Å². The average Bonchev–Trinajstić information content (AvgIpc) is 3.61. The van der Waals surface area contributed by atoms with Crippen LogP contribution < -0.4 is 0 Å². The maximum absolute atomic E-state index is 13.8. The number of ketones is 2. The van der Waals surface area contributed by atoms with Gasteiger partial charge in [-0.15, -0.1) is 0 Å². The van der Waals surface area contributed by atoms with E-state index in [1.54, 1.807) is 6.92 Å². The van der Waals surface area contributed by atoms with Gasteiger partial charge in [0.05, 0.1) is 9.85 Å². The molecule has 0 spiro atoms.